The van der Waals surface area contributed by atoms with Gasteiger partial charge in [-0.15, -0.1) is 0 Å². The van der Waals surface area contributed by atoms with Crippen LogP contribution in [-0.4, -0.2) is 24.2 Å². The summed E-state index contributed by atoms with van der Waals surface area (Å²) in [5.41, 5.74) is 3.64. The number of amides is 1. The first-order valence-electron chi connectivity index (χ1n) is 7.06. The van der Waals surface area contributed by atoms with Crippen LogP contribution in [0.4, 0.5) is 0 Å². The van der Waals surface area contributed by atoms with Crippen molar-refractivity contribution in [1.82, 2.24) is 5.43 Å². The van der Waals surface area contributed by atoms with Crippen molar-refractivity contribution in [2.24, 2.45) is 5.84 Å². The quantitative estimate of drug-likeness (QED) is 0.493. The average molecular weight is 357 g/mol. The molecule has 1 heterocycles. The summed E-state index contributed by atoms with van der Waals surface area (Å²) < 4.78 is 12.5. The molecule has 6 heteroatoms. The number of nitrogens with two attached hydrogens (primary N) is 1. The largest absolute Gasteiger partial charge is 0.375 e. The first-order chi connectivity index (χ1) is 9.99. The molecule has 0 radical (unpaired) electrons. The SMILES string of the molecule is CC1CC(OCc2ccc(C(=O)NN)cc2Br)CC(C)O1. The molecule has 116 valence electrons. The van der Waals surface area contributed by atoms with Crippen molar-refractivity contribution >= 4 is 21.8 Å². The molecule has 1 fully saturated rings. The van der Waals surface area contributed by atoms with E-state index in [4.69, 9.17) is 15.3 Å². The summed E-state index contributed by atoms with van der Waals surface area (Å²) in [7, 11) is 0. The Kier molecular flexibility index (Phi) is 5.75. The fourth-order valence-electron chi connectivity index (χ4n) is 2.58. The molecule has 3 N–H and O–H groups in total. The second-order valence-corrected chi connectivity index (χ2v) is 6.30. The van der Waals surface area contributed by atoms with E-state index in [1.807, 2.05) is 6.07 Å². The Morgan fingerprint density at radius 3 is 2.67 bits per heavy atom. The van der Waals surface area contributed by atoms with Crippen molar-refractivity contribution in [2.75, 3.05) is 0 Å². The lowest BCUT2D eigenvalue weighted by atomic mass is 10.0. The van der Waals surface area contributed by atoms with Crippen molar-refractivity contribution in [2.45, 2.75) is 51.6 Å². The van der Waals surface area contributed by atoms with E-state index in [0.717, 1.165) is 22.9 Å². The maximum Gasteiger partial charge on any atom is 0.265 e. The van der Waals surface area contributed by atoms with Crippen LogP contribution in [0.15, 0.2) is 22.7 Å². The van der Waals surface area contributed by atoms with E-state index in [1.165, 1.54) is 0 Å². The molecule has 1 amide bonds. The number of nitrogens with one attached hydrogen (secondary N) is 1. The molecule has 0 saturated carbocycles. The van der Waals surface area contributed by atoms with Gasteiger partial charge in [0.2, 0.25) is 0 Å². The number of hydrogen-bond acceptors (Lipinski definition) is 4. The minimum atomic E-state index is -0.310. The Morgan fingerprint density at radius 2 is 2.10 bits per heavy atom. The van der Waals surface area contributed by atoms with Crippen LogP contribution in [-0.2, 0) is 16.1 Å². The van der Waals surface area contributed by atoms with Crippen molar-refractivity contribution < 1.29 is 14.3 Å². The van der Waals surface area contributed by atoms with Crippen LogP contribution in [0.1, 0.15) is 42.6 Å². The molecule has 0 aliphatic carbocycles. The topological polar surface area (TPSA) is 73.6 Å². The van der Waals surface area contributed by atoms with Crippen molar-refractivity contribution in [3.05, 3.63) is 33.8 Å². The highest BCUT2D eigenvalue weighted by Crippen LogP contribution is 2.25. The molecule has 0 spiro atoms. The first kappa shape index (κ1) is 16.4. The maximum atomic E-state index is 11.5. The third-order valence-electron chi connectivity index (χ3n) is 3.58. The minimum Gasteiger partial charge on any atom is -0.375 e. The minimum absolute atomic E-state index is 0.211. The molecule has 2 atom stereocenters. The molecule has 1 aliphatic heterocycles. The Bertz CT molecular complexity index is 500. The van der Waals surface area contributed by atoms with Crippen LogP contribution in [0.2, 0.25) is 0 Å². The van der Waals surface area contributed by atoms with Crippen LogP contribution in [0.5, 0.6) is 0 Å². The first-order valence-corrected chi connectivity index (χ1v) is 7.85. The van der Waals surface area contributed by atoms with Gasteiger partial charge >= 0.3 is 0 Å². The molecule has 2 unspecified atom stereocenters. The molecule has 1 aromatic rings. The van der Waals surface area contributed by atoms with E-state index in [9.17, 15) is 4.79 Å². The van der Waals surface area contributed by atoms with Gasteiger partial charge < -0.3 is 9.47 Å². The zero-order valence-corrected chi connectivity index (χ0v) is 13.9. The smallest absolute Gasteiger partial charge is 0.265 e. The predicted molar refractivity (Wildman–Crippen MR) is 83.6 cm³/mol. The molecule has 5 nitrogen and oxygen atoms in total. The lowest BCUT2D eigenvalue weighted by molar-refractivity contribution is -0.106. The van der Waals surface area contributed by atoms with Gasteiger partial charge in [0.05, 0.1) is 24.9 Å². The van der Waals surface area contributed by atoms with E-state index >= 15 is 0 Å². The standard InChI is InChI=1S/C15H21BrN2O3/c1-9-5-13(6-10(2)21-9)20-8-12-4-3-11(7-14(12)16)15(19)18-17/h3-4,7,9-10,13H,5-6,8,17H2,1-2H3,(H,18,19). The van der Waals surface area contributed by atoms with E-state index in [1.54, 1.807) is 12.1 Å². The monoisotopic (exact) mass is 356 g/mol. The number of hydrogen-bond donors (Lipinski definition) is 2. The molecule has 1 aliphatic rings. The Hall–Kier alpha value is -0.950. The highest BCUT2D eigenvalue weighted by Gasteiger charge is 2.25. The fourth-order valence-corrected chi connectivity index (χ4v) is 3.07. The van der Waals surface area contributed by atoms with Gasteiger partial charge in [0.25, 0.3) is 5.91 Å². The molecule has 0 aromatic heterocycles. The van der Waals surface area contributed by atoms with Gasteiger partial charge in [-0.3, -0.25) is 10.2 Å². The number of hydrazine groups is 1. The third kappa shape index (κ3) is 4.51. The number of rotatable bonds is 4. The lowest BCUT2D eigenvalue weighted by Gasteiger charge is -2.32. The summed E-state index contributed by atoms with van der Waals surface area (Å²) in [5, 5.41) is 0. The lowest BCUT2D eigenvalue weighted by Crippen LogP contribution is -2.34. The number of benzene rings is 1. The van der Waals surface area contributed by atoms with Crippen molar-refractivity contribution in [1.29, 1.82) is 0 Å². The Morgan fingerprint density at radius 1 is 1.43 bits per heavy atom. The van der Waals surface area contributed by atoms with Gasteiger partial charge in [-0.05, 0) is 44.4 Å². The summed E-state index contributed by atoms with van der Waals surface area (Å²) in [4.78, 5) is 11.5. The van der Waals surface area contributed by atoms with Gasteiger partial charge in [0.15, 0.2) is 0 Å². The van der Waals surface area contributed by atoms with E-state index in [-0.39, 0.29) is 24.2 Å². The molecular weight excluding hydrogens is 336 g/mol. The van der Waals surface area contributed by atoms with Crippen molar-refractivity contribution in [3.63, 3.8) is 0 Å². The Balaban J connectivity index is 1.95. The highest BCUT2D eigenvalue weighted by molar-refractivity contribution is 9.10. The van der Waals surface area contributed by atoms with Crippen molar-refractivity contribution in [3.8, 4) is 0 Å². The Labute approximate surface area is 133 Å². The third-order valence-corrected chi connectivity index (χ3v) is 4.31. The normalized spacial score (nSPS) is 25.6. The molecule has 1 saturated heterocycles. The van der Waals surface area contributed by atoms with Crippen LogP contribution in [0.25, 0.3) is 0 Å². The average Bonchev–Trinajstić information content (AvgIpc) is 2.44. The maximum absolute atomic E-state index is 11.5. The summed E-state index contributed by atoms with van der Waals surface area (Å²) in [6, 6.07) is 5.36. The molecular formula is C15H21BrN2O3. The van der Waals surface area contributed by atoms with Crippen LogP contribution < -0.4 is 11.3 Å². The number of halogens is 1. The van der Waals surface area contributed by atoms with E-state index in [0.29, 0.717) is 12.2 Å². The second kappa shape index (κ2) is 7.35. The van der Waals surface area contributed by atoms with Crippen LogP contribution >= 0.6 is 15.9 Å². The number of ether oxygens (including phenoxy) is 2. The van der Waals surface area contributed by atoms with E-state index < -0.39 is 0 Å². The number of carbonyl (C=O) groups is 1. The van der Waals surface area contributed by atoms with Gasteiger partial charge in [0, 0.05) is 10.0 Å². The van der Waals surface area contributed by atoms with Gasteiger partial charge in [0.1, 0.15) is 0 Å². The summed E-state index contributed by atoms with van der Waals surface area (Å²) in [6.45, 7) is 4.65. The highest BCUT2D eigenvalue weighted by atomic mass is 79.9. The van der Waals surface area contributed by atoms with Gasteiger partial charge in [-0.25, -0.2) is 5.84 Å². The van der Waals surface area contributed by atoms with Crippen LogP contribution in [0, 0.1) is 0 Å². The predicted octanol–water partition coefficient (Wildman–Crippen LogP) is 2.53. The summed E-state index contributed by atoms with van der Waals surface area (Å²) in [6.07, 6.45) is 2.50. The molecule has 2 rings (SSSR count). The van der Waals surface area contributed by atoms with Gasteiger partial charge in [-0.2, -0.15) is 0 Å². The van der Waals surface area contributed by atoms with Gasteiger partial charge in [-0.1, -0.05) is 22.0 Å². The summed E-state index contributed by atoms with van der Waals surface area (Å²) >= 11 is 3.47. The second-order valence-electron chi connectivity index (χ2n) is 5.44. The fraction of sp³-hybridized carbons (Fsp3) is 0.533. The molecule has 1 aromatic carbocycles. The molecule has 0 bridgehead atoms. The zero-order chi connectivity index (χ0) is 15.4. The molecule has 21 heavy (non-hydrogen) atoms. The number of carbonyl (C=O) groups excluding carboxylic acids is 1. The van der Waals surface area contributed by atoms with Crippen LogP contribution in [0.3, 0.4) is 0 Å². The zero-order valence-electron chi connectivity index (χ0n) is 12.3. The number of nitrogen functional groups attached to an aromatic ring is 1. The summed E-state index contributed by atoms with van der Waals surface area (Å²) in [5.74, 6) is 4.81. The van der Waals surface area contributed by atoms with E-state index in [2.05, 4.69) is 35.2 Å².